The Hall–Kier alpha value is -2.83. The lowest BCUT2D eigenvalue weighted by molar-refractivity contribution is -0.121. The van der Waals surface area contributed by atoms with Crippen molar-refractivity contribution in [2.24, 2.45) is 5.92 Å². The summed E-state index contributed by atoms with van der Waals surface area (Å²) in [6, 6.07) is 4.69. The standard InChI is InChI=1S/C16H17N3O4/c20-13-2-1-6-17-14(13)18-15(21)11-3-7-19(8-4-11)16(22)12-5-9-23-10-12/h1-2,5-6,9-11,20H,3-4,7-8H2,(H,17,18,21). The molecule has 2 amide bonds. The normalized spacial score (nSPS) is 15.4. The van der Waals surface area contributed by atoms with Gasteiger partial charge in [0.2, 0.25) is 5.91 Å². The smallest absolute Gasteiger partial charge is 0.257 e. The van der Waals surface area contributed by atoms with E-state index in [0.29, 0.717) is 31.5 Å². The highest BCUT2D eigenvalue weighted by Gasteiger charge is 2.28. The van der Waals surface area contributed by atoms with E-state index >= 15 is 0 Å². The van der Waals surface area contributed by atoms with E-state index in [1.54, 1.807) is 17.0 Å². The first-order chi connectivity index (χ1) is 11.1. The Balaban J connectivity index is 1.55. The van der Waals surface area contributed by atoms with Gasteiger partial charge in [0.1, 0.15) is 6.26 Å². The molecule has 1 fully saturated rings. The maximum Gasteiger partial charge on any atom is 0.257 e. The second-order valence-corrected chi connectivity index (χ2v) is 5.44. The van der Waals surface area contributed by atoms with Crippen molar-refractivity contribution in [3.63, 3.8) is 0 Å². The van der Waals surface area contributed by atoms with Gasteiger partial charge in [0, 0.05) is 25.2 Å². The fourth-order valence-corrected chi connectivity index (χ4v) is 2.63. The van der Waals surface area contributed by atoms with E-state index in [1.165, 1.54) is 24.8 Å². The molecule has 3 rings (SSSR count). The fourth-order valence-electron chi connectivity index (χ4n) is 2.63. The van der Waals surface area contributed by atoms with E-state index in [1.807, 2.05) is 0 Å². The van der Waals surface area contributed by atoms with Crippen LogP contribution in [-0.4, -0.2) is 39.9 Å². The molecule has 0 spiro atoms. The first-order valence-corrected chi connectivity index (χ1v) is 7.41. The van der Waals surface area contributed by atoms with Crippen molar-refractivity contribution in [1.29, 1.82) is 0 Å². The van der Waals surface area contributed by atoms with Crippen LogP contribution in [0.25, 0.3) is 0 Å². The molecular formula is C16H17N3O4. The predicted molar refractivity (Wildman–Crippen MR) is 81.9 cm³/mol. The number of anilines is 1. The zero-order valence-electron chi connectivity index (χ0n) is 12.4. The minimum absolute atomic E-state index is 0.0616. The first kappa shape index (κ1) is 15.1. The molecule has 7 nitrogen and oxygen atoms in total. The Morgan fingerprint density at radius 2 is 2.09 bits per heavy atom. The third kappa shape index (κ3) is 3.33. The van der Waals surface area contributed by atoms with Crippen LogP contribution in [-0.2, 0) is 4.79 Å². The van der Waals surface area contributed by atoms with E-state index in [4.69, 9.17) is 4.42 Å². The van der Waals surface area contributed by atoms with Crippen LogP contribution in [0, 0.1) is 5.92 Å². The molecule has 0 aliphatic carbocycles. The number of likely N-dealkylation sites (tertiary alicyclic amines) is 1. The number of pyridine rings is 1. The second-order valence-electron chi connectivity index (χ2n) is 5.44. The molecule has 0 saturated carbocycles. The number of aromatic hydroxyl groups is 1. The highest BCUT2D eigenvalue weighted by Crippen LogP contribution is 2.23. The summed E-state index contributed by atoms with van der Waals surface area (Å²) in [5.41, 5.74) is 0.520. The van der Waals surface area contributed by atoms with Crippen molar-refractivity contribution in [1.82, 2.24) is 9.88 Å². The van der Waals surface area contributed by atoms with E-state index < -0.39 is 0 Å². The predicted octanol–water partition coefficient (Wildman–Crippen LogP) is 1.87. The van der Waals surface area contributed by atoms with Crippen LogP contribution in [0.3, 0.4) is 0 Å². The van der Waals surface area contributed by atoms with Crippen molar-refractivity contribution in [2.45, 2.75) is 12.8 Å². The van der Waals surface area contributed by atoms with Gasteiger partial charge in [0.05, 0.1) is 11.8 Å². The topological polar surface area (TPSA) is 95.7 Å². The quantitative estimate of drug-likeness (QED) is 0.901. The lowest BCUT2D eigenvalue weighted by atomic mass is 9.95. The lowest BCUT2D eigenvalue weighted by Crippen LogP contribution is -2.41. The van der Waals surface area contributed by atoms with Gasteiger partial charge in [-0.1, -0.05) is 0 Å². The Morgan fingerprint density at radius 1 is 1.30 bits per heavy atom. The summed E-state index contributed by atoms with van der Waals surface area (Å²) in [7, 11) is 0. The summed E-state index contributed by atoms with van der Waals surface area (Å²) in [5.74, 6) is -0.373. The molecule has 1 aliphatic heterocycles. The van der Waals surface area contributed by atoms with Gasteiger partial charge in [0.25, 0.3) is 5.91 Å². The number of hydrogen-bond donors (Lipinski definition) is 2. The van der Waals surface area contributed by atoms with Gasteiger partial charge in [-0.15, -0.1) is 0 Å². The number of hydrogen-bond acceptors (Lipinski definition) is 5. The van der Waals surface area contributed by atoms with E-state index in [0.717, 1.165) is 0 Å². The second kappa shape index (κ2) is 6.51. The molecule has 2 aromatic rings. The average Bonchev–Trinajstić information content (AvgIpc) is 3.11. The van der Waals surface area contributed by atoms with E-state index in [2.05, 4.69) is 10.3 Å². The van der Waals surface area contributed by atoms with Gasteiger partial charge in [-0.05, 0) is 31.0 Å². The first-order valence-electron chi connectivity index (χ1n) is 7.41. The number of carbonyl (C=O) groups excluding carboxylic acids is 2. The van der Waals surface area contributed by atoms with Crippen LogP contribution < -0.4 is 5.32 Å². The van der Waals surface area contributed by atoms with E-state index in [-0.39, 0.29) is 29.3 Å². The molecule has 0 atom stereocenters. The van der Waals surface area contributed by atoms with E-state index in [9.17, 15) is 14.7 Å². The third-order valence-corrected chi connectivity index (χ3v) is 3.95. The highest BCUT2D eigenvalue weighted by atomic mass is 16.3. The Bertz CT molecular complexity index is 691. The molecule has 3 heterocycles. The third-order valence-electron chi connectivity index (χ3n) is 3.95. The van der Waals surface area contributed by atoms with Crippen molar-refractivity contribution >= 4 is 17.6 Å². The molecule has 0 bridgehead atoms. The van der Waals surface area contributed by atoms with Crippen LogP contribution in [0.15, 0.2) is 41.3 Å². The molecule has 0 unspecified atom stereocenters. The Labute approximate surface area is 132 Å². The summed E-state index contributed by atoms with van der Waals surface area (Å²) in [6.07, 6.45) is 5.53. The van der Waals surface area contributed by atoms with Crippen molar-refractivity contribution in [2.75, 3.05) is 18.4 Å². The number of amides is 2. The van der Waals surface area contributed by atoms with Crippen LogP contribution in [0.5, 0.6) is 5.75 Å². The van der Waals surface area contributed by atoms with Crippen molar-refractivity contribution < 1.29 is 19.1 Å². The Kier molecular flexibility index (Phi) is 4.27. The fraction of sp³-hybridized carbons (Fsp3) is 0.312. The summed E-state index contributed by atoms with van der Waals surface area (Å²) >= 11 is 0. The van der Waals surface area contributed by atoms with Crippen molar-refractivity contribution in [3.05, 3.63) is 42.5 Å². The molecule has 1 aliphatic rings. The van der Waals surface area contributed by atoms with Gasteiger partial charge >= 0.3 is 0 Å². The van der Waals surface area contributed by atoms with Gasteiger partial charge in [-0.3, -0.25) is 9.59 Å². The SMILES string of the molecule is O=C(Nc1ncccc1O)C1CCN(C(=O)c2ccoc2)CC1. The zero-order valence-corrected chi connectivity index (χ0v) is 12.4. The van der Waals surface area contributed by atoms with Crippen LogP contribution in [0.2, 0.25) is 0 Å². The summed E-state index contributed by atoms with van der Waals surface area (Å²) in [6.45, 7) is 1.02. The van der Waals surface area contributed by atoms with Crippen LogP contribution >= 0.6 is 0 Å². The summed E-state index contributed by atoms with van der Waals surface area (Å²) in [4.78, 5) is 30.1. The molecule has 23 heavy (non-hydrogen) atoms. The molecule has 1 saturated heterocycles. The summed E-state index contributed by atoms with van der Waals surface area (Å²) in [5, 5.41) is 12.3. The molecule has 0 aromatic carbocycles. The number of aromatic nitrogens is 1. The monoisotopic (exact) mass is 315 g/mol. The number of carbonyl (C=O) groups is 2. The molecular weight excluding hydrogens is 298 g/mol. The van der Waals surface area contributed by atoms with Gasteiger partial charge < -0.3 is 19.7 Å². The minimum atomic E-state index is -0.204. The largest absolute Gasteiger partial charge is 0.504 e. The molecule has 2 aromatic heterocycles. The lowest BCUT2D eigenvalue weighted by Gasteiger charge is -2.31. The van der Waals surface area contributed by atoms with Crippen LogP contribution in [0.4, 0.5) is 5.82 Å². The Morgan fingerprint density at radius 3 is 2.74 bits per heavy atom. The maximum absolute atomic E-state index is 12.2. The van der Waals surface area contributed by atoms with Crippen LogP contribution in [0.1, 0.15) is 23.2 Å². The van der Waals surface area contributed by atoms with Gasteiger partial charge in [0.15, 0.2) is 11.6 Å². The number of nitrogens with one attached hydrogen (secondary N) is 1. The molecule has 2 N–H and O–H groups in total. The summed E-state index contributed by atoms with van der Waals surface area (Å²) < 4.78 is 4.92. The number of furan rings is 1. The highest BCUT2D eigenvalue weighted by molar-refractivity contribution is 5.95. The number of nitrogens with zero attached hydrogens (tertiary/aromatic N) is 2. The molecule has 0 radical (unpaired) electrons. The molecule has 7 heteroatoms. The average molecular weight is 315 g/mol. The number of rotatable bonds is 3. The number of piperidine rings is 1. The van der Waals surface area contributed by atoms with Crippen molar-refractivity contribution in [3.8, 4) is 5.75 Å². The zero-order chi connectivity index (χ0) is 16.2. The van der Waals surface area contributed by atoms with Gasteiger partial charge in [-0.2, -0.15) is 0 Å². The molecule has 120 valence electrons. The minimum Gasteiger partial charge on any atom is -0.504 e. The maximum atomic E-state index is 12.2. The van der Waals surface area contributed by atoms with Gasteiger partial charge in [-0.25, -0.2) is 4.98 Å².